The van der Waals surface area contributed by atoms with Gasteiger partial charge in [0.1, 0.15) is 17.6 Å². The summed E-state index contributed by atoms with van der Waals surface area (Å²) in [6.45, 7) is 2.22. The number of methoxy groups -OCH3 is 1. The van der Waals surface area contributed by atoms with Crippen LogP contribution < -0.4 is 15.4 Å². The SMILES string of the molecule is COc1cc(NC2CCN(C)CC2)ccc1-c1cc(Nc2cnc(C#N)cn2)n[nH]1. The maximum absolute atomic E-state index is 8.81. The van der Waals surface area contributed by atoms with Crippen LogP contribution in [-0.4, -0.2) is 58.4 Å². The van der Waals surface area contributed by atoms with E-state index < -0.39 is 0 Å². The average Bonchev–Trinajstić information content (AvgIpc) is 3.24. The molecular weight excluding hydrogens is 380 g/mol. The minimum atomic E-state index is 0.266. The molecule has 0 radical (unpaired) electrons. The molecule has 4 rings (SSSR count). The number of aromatic nitrogens is 4. The van der Waals surface area contributed by atoms with Crippen LogP contribution in [0.4, 0.5) is 17.3 Å². The Bertz CT molecular complexity index is 1030. The van der Waals surface area contributed by atoms with Crippen molar-refractivity contribution in [3.63, 3.8) is 0 Å². The summed E-state index contributed by atoms with van der Waals surface area (Å²) in [4.78, 5) is 10.5. The van der Waals surface area contributed by atoms with Crippen LogP contribution in [0.1, 0.15) is 18.5 Å². The molecule has 30 heavy (non-hydrogen) atoms. The topological polar surface area (TPSA) is 115 Å². The molecular formula is C21H24N8O. The number of benzene rings is 1. The first-order valence-electron chi connectivity index (χ1n) is 9.82. The lowest BCUT2D eigenvalue weighted by atomic mass is 10.0. The van der Waals surface area contributed by atoms with Gasteiger partial charge in [-0.2, -0.15) is 10.4 Å². The van der Waals surface area contributed by atoms with Gasteiger partial charge in [-0.15, -0.1) is 0 Å². The van der Waals surface area contributed by atoms with Crippen molar-refractivity contribution in [3.8, 4) is 23.1 Å². The molecule has 2 aromatic heterocycles. The largest absolute Gasteiger partial charge is 0.496 e. The lowest BCUT2D eigenvalue weighted by molar-refractivity contribution is 0.264. The monoisotopic (exact) mass is 404 g/mol. The van der Waals surface area contributed by atoms with Crippen molar-refractivity contribution in [1.29, 1.82) is 5.26 Å². The highest BCUT2D eigenvalue weighted by Gasteiger charge is 2.17. The zero-order valence-corrected chi connectivity index (χ0v) is 17.0. The van der Waals surface area contributed by atoms with Gasteiger partial charge in [0.2, 0.25) is 0 Å². The molecule has 0 bridgehead atoms. The summed E-state index contributed by atoms with van der Waals surface area (Å²) in [7, 11) is 3.83. The van der Waals surface area contributed by atoms with Gasteiger partial charge in [0.25, 0.3) is 0 Å². The molecule has 1 aliphatic heterocycles. The number of aromatic amines is 1. The molecule has 0 aliphatic carbocycles. The molecule has 1 aromatic carbocycles. The van der Waals surface area contributed by atoms with Gasteiger partial charge in [-0.3, -0.25) is 5.10 Å². The molecule has 0 unspecified atom stereocenters. The minimum Gasteiger partial charge on any atom is -0.496 e. The first-order valence-corrected chi connectivity index (χ1v) is 9.82. The molecule has 3 aromatic rings. The summed E-state index contributed by atoms with van der Waals surface area (Å²) in [5.41, 5.74) is 3.05. The van der Waals surface area contributed by atoms with Gasteiger partial charge in [0.15, 0.2) is 11.5 Å². The lowest BCUT2D eigenvalue weighted by Gasteiger charge is -2.30. The Hall–Kier alpha value is -3.64. The normalized spacial score (nSPS) is 14.8. The highest BCUT2D eigenvalue weighted by atomic mass is 16.5. The predicted molar refractivity (Wildman–Crippen MR) is 115 cm³/mol. The molecule has 0 spiro atoms. The second kappa shape index (κ2) is 8.80. The highest BCUT2D eigenvalue weighted by molar-refractivity contribution is 5.73. The van der Waals surface area contributed by atoms with Crippen LogP contribution in [0.25, 0.3) is 11.3 Å². The van der Waals surface area contributed by atoms with E-state index in [1.165, 1.54) is 12.4 Å². The predicted octanol–water partition coefficient (Wildman–Crippen LogP) is 3.00. The van der Waals surface area contributed by atoms with E-state index in [4.69, 9.17) is 10.00 Å². The number of hydrogen-bond donors (Lipinski definition) is 3. The van der Waals surface area contributed by atoms with Crippen molar-refractivity contribution in [2.75, 3.05) is 37.9 Å². The van der Waals surface area contributed by atoms with Crippen LogP contribution in [0.3, 0.4) is 0 Å². The zero-order chi connectivity index (χ0) is 20.9. The van der Waals surface area contributed by atoms with Crippen LogP contribution in [0.5, 0.6) is 5.75 Å². The number of nitrogens with zero attached hydrogens (tertiary/aromatic N) is 5. The highest BCUT2D eigenvalue weighted by Crippen LogP contribution is 2.33. The smallest absolute Gasteiger partial charge is 0.158 e. The maximum Gasteiger partial charge on any atom is 0.158 e. The van der Waals surface area contributed by atoms with Gasteiger partial charge >= 0.3 is 0 Å². The number of ether oxygens (including phenoxy) is 1. The number of rotatable bonds is 6. The van der Waals surface area contributed by atoms with E-state index in [-0.39, 0.29) is 5.69 Å². The van der Waals surface area contributed by atoms with Crippen molar-refractivity contribution >= 4 is 17.3 Å². The van der Waals surface area contributed by atoms with Crippen LogP contribution in [0, 0.1) is 11.3 Å². The third-order valence-corrected chi connectivity index (χ3v) is 5.18. The Balaban J connectivity index is 1.47. The summed E-state index contributed by atoms with van der Waals surface area (Å²) in [5, 5.41) is 22.8. The van der Waals surface area contributed by atoms with Gasteiger partial charge in [-0.05, 0) is 45.1 Å². The molecule has 3 heterocycles. The fraction of sp³-hybridized carbons (Fsp3) is 0.333. The molecule has 1 fully saturated rings. The van der Waals surface area contributed by atoms with Crippen molar-refractivity contribution in [1.82, 2.24) is 25.1 Å². The third-order valence-electron chi connectivity index (χ3n) is 5.18. The summed E-state index contributed by atoms with van der Waals surface area (Å²) in [6.07, 6.45) is 5.18. The fourth-order valence-electron chi connectivity index (χ4n) is 3.50. The second-order valence-corrected chi connectivity index (χ2v) is 7.33. The Morgan fingerprint density at radius 1 is 1.17 bits per heavy atom. The summed E-state index contributed by atoms with van der Waals surface area (Å²) in [5.74, 6) is 1.87. The van der Waals surface area contributed by atoms with E-state index in [0.717, 1.165) is 48.6 Å². The first-order chi connectivity index (χ1) is 14.6. The van der Waals surface area contributed by atoms with Gasteiger partial charge in [0, 0.05) is 29.4 Å². The van der Waals surface area contributed by atoms with Crippen molar-refractivity contribution in [3.05, 3.63) is 42.4 Å². The number of nitriles is 1. The Morgan fingerprint density at radius 3 is 2.70 bits per heavy atom. The lowest BCUT2D eigenvalue weighted by Crippen LogP contribution is -2.36. The van der Waals surface area contributed by atoms with Gasteiger partial charge < -0.3 is 20.3 Å². The van der Waals surface area contributed by atoms with Crippen molar-refractivity contribution < 1.29 is 4.74 Å². The summed E-state index contributed by atoms with van der Waals surface area (Å²) >= 11 is 0. The maximum atomic E-state index is 8.81. The molecule has 1 saturated heterocycles. The van der Waals surface area contributed by atoms with E-state index in [1.807, 2.05) is 24.3 Å². The number of H-pyrrole nitrogens is 1. The fourth-order valence-corrected chi connectivity index (χ4v) is 3.50. The van der Waals surface area contributed by atoms with Crippen molar-refractivity contribution in [2.24, 2.45) is 0 Å². The summed E-state index contributed by atoms with van der Waals surface area (Å²) in [6, 6.07) is 10.4. The van der Waals surface area contributed by atoms with Crippen LogP contribution in [-0.2, 0) is 0 Å². The van der Waals surface area contributed by atoms with Crippen molar-refractivity contribution in [2.45, 2.75) is 18.9 Å². The molecule has 1 aliphatic rings. The first kappa shape index (κ1) is 19.7. The molecule has 3 N–H and O–H groups in total. The number of anilines is 3. The van der Waals surface area contributed by atoms with Crippen LogP contribution >= 0.6 is 0 Å². The van der Waals surface area contributed by atoms with E-state index in [0.29, 0.717) is 17.7 Å². The van der Waals surface area contributed by atoms with Gasteiger partial charge in [-0.1, -0.05) is 0 Å². The Labute approximate surface area is 175 Å². The molecule has 0 amide bonds. The van der Waals surface area contributed by atoms with Crippen LogP contribution in [0.15, 0.2) is 36.7 Å². The van der Waals surface area contributed by atoms with E-state index in [1.54, 1.807) is 7.11 Å². The molecule has 154 valence electrons. The number of likely N-dealkylation sites (tertiary alicyclic amines) is 1. The molecule has 0 saturated carbocycles. The van der Waals surface area contributed by atoms with Crippen LogP contribution in [0.2, 0.25) is 0 Å². The molecule has 9 nitrogen and oxygen atoms in total. The second-order valence-electron chi connectivity index (χ2n) is 7.33. The van der Waals surface area contributed by atoms with Gasteiger partial charge in [-0.25, -0.2) is 9.97 Å². The van der Waals surface area contributed by atoms with E-state index >= 15 is 0 Å². The molecule has 0 atom stereocenters. The number of hydrogen-bond acceptors (Lipinski definition) is 8. The zero-order valence-electron chi connectivity index (χ0n) is 17.0. The van der Waals surface area contributed by atoms with E-state index in [2.05, 4.69) is 48.8 Å². The third kappa shape index (κ3) is 4.50. The van der Waals surface area contributed by atoms with E-state index in [9.17, 15) is 0 Å². The quantitative estimate of drug-likeness (QED) is 0.574. The Morgan fingerprint density at radius 2 is 2.00 bits per heavy atom. The standard InChI is InChI=1S/C21H24N8O/c1-29-7-5-14(6-8-29)25-15-3-4-17(19(9-15)30-2)18-10-20(28-27-18)26-21-13-23-16(11-22)12-24-21/h3-4,9-10,12-14,25H,5-8H2,1-2H3,(H2,24,26,27,28). The molecule has 9 heteroatoms. The average molecular weight is 404 g/mol. The summed E-state index contributed by atoms with van der Waals surface area (Å²) < 4.78 is 5.63. The Kier molecular flexibility index (Phi) is 5.77. The minimum absolute atomic E-state index is 0.266. The van der Waals surface area contributed by atoms with Gasteiger partial charge in [0.05, 0.1) is 25.2 Å². The number of nitrogens with one attached hydrogen (secondary N) is 3. The number of piperidine rings is 1.